The van der Waals surface area contributed by atoms with Gasteiger partial charge in [-0.3, -0.25) is 0 Å². The quantitative estimate of drug-likeness (QED) is 0.196. The molecule has 0 N–H and O–H groups in total. The summed E-state index contributed by atoms with van der Waals surface area (Å²) >= 11 is 0. The number of aromatic nitrogens is 2. The van der Waals surface area contributed by atoms with Crippen LogP contribution >= 0.6 is 0 Å². The van der Waals surface area contributed by atoms with Crippen LogP contribution in [0.25, 0.3) is 50.5 Å². The topological polar surface area (TPSA) is 35.0 Å². The summed E-state index contributed by atoms with van der Waals surface area (Å²) in [5, 5.41) is 2.15. The second-order valence-corrected chi connectivity index (χ2v) is 13.1. The van der Waals surface area contributed by atoms with E-state index in [0.29, 0.717) is 5.82 Å². The number of hydrogen-bond donors (Lipinski definition) is 0. The first-order valence-corrected chi connectivity index (χ1v) is 16.3. The van der Waals surface area contributed by atoms with Gasteiger partial charge in [0.1, 0.15) is 11.6 Å². The maximum atomic E-state index is 14.5. The van der Waals surface area contributed by atoms with E-state index in [-0.39, 0.29) is 11.2 Å². The molecule has 0 amide bonds. The number of fused-ring (bicyclic) bond motifs is 8. The van der Waals surface area contributed by atoms with Crippen LogP contribution in [0.2, 0.25) is 0 Å². The van der Waals surface area contributed by atoms with Crippen LogP contribution in [0.1, 0.15) is 41.9 Å². The van der Waals surface area contributed by atoms with Gasteiger partial charge in [0.05, 0.1) is 11.4 Å². The standard InChI is InChI=1S/C44H31FN2O/c1-43(2)36-20-12-11-19-34(36)39-32-17-9-10-18-33(32)41-35(40(39)43)25-26-44(48-41,30-21-23-31(45)24-22-30)42-46-37(28-13-5-3-6-14-28)27-38(47-42)29-15-7-4-8-16-29/h3-27H,1-2H3. The molecule has 48 heavy (non-hydrogen) atoms. The number of hydrogen-bond acceptors (Lipinski definition) is 3. The molecule has 1 unspecified atom stereocenters. The molecule has 4 heteroatoms. The Kier molecular flexibility index (Phi) is 6.25. The summed E-state index contributed by atoms with van der Waals surface area (Å²) in [6.45, 7) is 4.59. The van der Waals surface area contributed by atoms with Gasteiger partial charge in [-0.2, -0.15) is 0 Å². The van der Waals surface area contributed by atoms with Gasteiger partial charge in [0, 0.05) is 33.1 Å². The van der Waals surface area contributed by atoms with E-state index in [1.807, 2.05) is 42.5 Å². The van der Waals surface area contributed by atoms with Crippen LogP contribution in [0.3, 0.4) is 0 Å². The number of halogens is 1. The largest absolute Gasteiger partial charge is 0.469 e. The second-order valence-electron chi connectivity index (χ2n) is 13.1. The van der Waals surface area contributed by atoms with E-state index in [4.69, 9.17) is 14.7 Å². The van der Waals surface area contributed by atoms with Gasteiger partial charge in [0.2, 0.25) is 5.60 Å². The predicted molar refractivity (Wildman–Crippen MR) is 191 cm³/mol. The molecule has 3 nitrogen and oxygen atoms in total. The molecule has 1 atom stereocenters. The van der Waals surface area contributed by atoms with Gasteiger partial charge in [0.15, 0.2) is 5.82 Å². The Morgan fingerprint density at radius 3 is 1.88 bits per heavy atom. The van der Waals surface area contributed by atoms with Crippen molar-refractivity contribution in [2.24, 2.45) is 0 Å². The maximum Gasteiger partial charge on any atom is 0.212 e. The fourth-order valence-electron chi connectivity index (χ4n) is 7.63. The molecule has 1 aromatic heterocycles. The van der Waals surface area contributed by atoms with Gasteiger partial charge < -0.3 is 4.74 Å². The van der Waals surface area contributed by atoms with Crippen molar-refractivity contribution < 1.29 is 9.13 Å². The van der Waals surface area contributed by atoms with Crippen molar-refractivity contribution in [1.29, 1.82) is 0 Å². The van der Waals surface area contributed by atoms with E-state index < -0.39 is 5.60 Å². The molecule has 1 aliphatic heterocycles. The van der Waals surface area contributed by atoms with Crippen molar-refractivity contribution in [3.05, 3.63) is 179 Å². The smallest absolute Gasteiger partial charge is 0.212 e. The molecule has 2 heterocycles. The van der Waals surface area contributed by atoms with Crippen LogP contribution in [0.5, 0.6) is 5.75 Å². The lowest BCUT2D eigenvalue weighted by atomic mass is 9.77. The SMILES string of the molecule is CC1(C)c2ccccc2-c2c1c1c(c3ccccc23)OC(c2ccc(F)cc2)(c2nc(-c3ccccc3)cc(-c3ccccc3)n2)C=C1. The first kappa shape index (κ1) is 28.4. The highest BCUT2D eigenvalue weighted by atomic mass is 19.1. The maximum absolute atomic E-state index is 14.5. The van der Waals surface area contributed by atoms with E-state index in [2.05, 4.69) is 98.8 Å². The monoisotopic (exact) mass is 622 g/mol. The zero-order valence-corrected chi connectivity index (χ0v) is 26.6. The molecule has 0 bridgehead atoms. The molecule has 230 valence electrons. The number of nitrogens with zero attached hydrogens (tertiary/aromatic N) is 2. The normalized spacial score (nSPS) is 17.0. The Hall–Kier alpha value is -5.87. The Labute approximate surface area is 279 Å². The first-order chi connectivity index (χ1) is 23.4. The average molecular weight is 623 g/mol. The average Bonchev–Trinajstić information content (AvgIpc) is 3.39. The summed E-state index contributed by atoms with van der Waals surface area (Å²) in [5.41, 5.74) is 8.82. The molecular weight excluding hydrogens is 591 g/mol. The molecule has 7 aromatic rings. The van der Waals surface area contributed by atoms with Crippen molar-refractivity contribution in [3.8, 4) is 39.4 Å². The molecule has 0 radical (unpaired) electrons. The Morgan fingerprint density at radius 2 is 1.21 bits per heavy atom. The van der Waals surface area contributed by atoms with E-state index in [0.717, 1.165) is 50.2 Å². The molecule has 0 saturated heterocycles. The molecule has 0 saturated carbocycles. The Balaban J connectivity index is 1.35. The minimum Gasteiger partial charge on any atom is -0.469 e. The van der Waals surface area contributed by atoms with E-state index >= 15 is 0 Å². The third-order valence-electron chi connectivity index (χ3n) is 9.92. The minimum atomic E-state index is -1.25. The second kappa shape index (κ2) is 10.6. The van der Waals surface area contributed by atoms with Gasteiger partial charge in [-0.05, 0) is 51.9 Å². The van der Waals surface area contributed by atoms with E-state index in [1.54, 1.807) is 12.1 Å². The highest BCUT2D eigenvalue weighted by Gasteiger charge is 2.45. The summed E-state index contributed by atoms with van der Waals surface area (Å²) in [6.07, 6.45) is 4.25. The van der Waals surface area contributed by atoms with Gasteiger partial charge >= 0.3 is 0 Å². The van der Waals surface area contributed by atoms with Crippen molar-refractivity contribution in [1.82, 2.24) is 9.97 Å². The zero-order valence-electron chi connectivity index (χ0n) is 26.6. The summed E-state index contributed by atoms with van der Waals surface area (Å²) in [4.78, 5) is 10.5. The Bertz CT molecular complexity index is 2340. The summed E-state index contributed by atoms with van der Waals surface area (Å²) in [7, 11) is 0. The molecule has 0 fully saturated rings. The van der Waals surface area contributed by atoms with Crippen molar-refractivity contribution in [2.75, 3.05) is 0 Å². The molecule has 0 spiro atoms. The van der Waals surface area contributed by atoms with Crippen LogP contribution in [-0.4, -0.2) is 9.97 Å². The lowest BCUT2D eigenvalue weighted by Crippen LogP contribution is -2.37. The lowest BCUT2D eigenvalue weighted by molar-refractivity contribution is 0.153. The third-order valence-corrected chi connectivity index (χ3v) is 9.92. The number of ether oxygens (including phenoxy) is 1. The number of rotatable bonds is 4. The highest BCUT2D eigenvalue weighted by molar-refractivity contribution is 6.08. The molecule has 6 aromatic carbocycles. The van der Waals surface area contributed by atoms with Gasteiger partial charge in [-0.25, -0.2) is 14.4 Å². The van der Waals surface area contributed by atoms with Crippen LogP contribution in [0, 0.1) is 5.82 Å². The summed E-state index contributed by atoms with van der Waals surface area (Å²) < 4.78 is 21.9. The zero-order chi connectivity index (χ0) is 32.5. The van der Waals surface area contributed by atoms with Crippen LogP contribution < -0.4 is 4.74 Å². The highest BCUT2D eigenvalue weighted by Crippen LogP contribution is 2.57. The van der Waals surface area contributed by atoms with Crippen molar-refractivity contribution in [2.45, 2.75) is 24.9 Å². The van der Waals surface area contributed by atoms with Crippen molar-refractivity contribution in [3.63, 3.8) is 0 Å². The number of benzene rings is 6. The van der Waals surface area contributed by atoms with E-state index in [1.165, 1.54) is 34.4 Å². The molecule has 2 aliphatic rings. The summed E-state index contributed by atoms with van der Waals surface area (Å²) in [5.74, 6) is 0.927. The fraction of sp³-hybridized carbons (Fsp3) is 0.0909. The van der Waals surface area contributed by atoms with Gasteiger partial charge in [-0.1, -0.05) is 141 Å². The third kappa shape index (κ3) is 4.19. The first-order valence-electron chi connectivity index (χ1n) is 16.3. The Morgan fingerprint density at radius 1 is 0.625 bits per heavy atom. The minimum absolute atomic E-state index is 0.256. The molecule has 1 aliphatic carbocycles. The van der Waals surface area contributed by atoms with Crippen molar-refractivity contribution >= 4 is 16.8 Å². The van der Waals surface area contributed by atoms with Crippen LogP contribution in [-0.2, 0) is 11.0 Å². The van der Waals surface area contributed by atoms with Gasteiger partial charge in [0.25, 0.3) is 0 Å². The summed E-state index contributed by atoms with van der Waals surface area (Å²) in [6, 6.07) is 45.9. The van der Waals surface area contributed by atoms with Gasteiger partial charge in [-0.15, -0.1) is 0 Å². The van der Waals surface area contributed by atoms with E-state index in [9.17, 15) is 4.39 Å². The molecule has 9 rings (SSSR count). The van der Waals surface area contributed by atoms with Crippen LogP contribution in [0.15, 0.2) is 146 Å². The molecular formula is C44H31FN2O. The predicted octanol–water partition coefficient (Wildman–Crippen LogP) is 10.8. The lowest BCUT2D eigenvalue weighted by Gasteiger charge is -2.37. The fourth-order valence-corrected chi connectivity index (χ4v) is 7.63. The van der Waals surface area contributed by atoms with Crippen LogP contribution in [0.4, 0.5) is 4.39 Å².